The minimum absolute atomic E-state index is 0.0725. The van der Waals surface area contributed by atoms with Crippen LogP contribution in [0.4, 0.5) is 5.69 Å². The van der Waals surface area contributed by atoms with Gasteiger partial charge in [-0.3, -0.25) is 4.79 Å². The number of rotatable bonds is 5. The Morgan fingerprint density at radius 2 is 1.91 bits per heavy atom. The summed E-state index contributed by atoms with van der Waals surface area (Å²) in [5.74, 6) is 0.945. The van der Waals surface area contributed by atoms with E-state index in [4.69, 9.17) is 4.74 Å². The number of amides is 1. The zero-order valence-corrected chi connectivity index (χ0v) is 18.0. The van der Waals surface area contributed by atoms with Crippen LogP contribution in [-0.2, 0) is 4.79 Å². The molecular weight excluding hydrogens is 510 g/mol. The molecule has 1 amide bonds. The van der Waals surface area contributed by atoms with Crippen molar-refractivity contribution in [1.29, 1.82) is 0 Å². The van der Waals surface area contributed by atoms with E-state index in [2.05, 4.69) is 53.1 Å². The molecule has 2 aromatic rings. The number of benzene rings is 2. The highest BCUT2D eigenvalue weighted by Crippen LogP contribution is 2.43. The van der Waals surface area contributed by atoms with Gasteiger partial charge in [-0.05, 0) is 72.4 Å². The first-order valence-corrected chi connectivity index (χ1v) is 10.00. The van der Waals surface area contributed by atoms with Crippen LogP contribution < -0.4 is 10.1 Å². The fourth-order valence-corrected chi connectivity index (χ4v) is 4.46. The molecule has 7 heteroatoms. The molecule has 2 aromatic carbocycles. The van der Waals surface area contributed by atoms with Crippen LogP contribution in [0.15, 0.2) is 48.6 Å². The lowest BCUT2D eigenvalue weighted by molar-refractivity contribution is -0.113. The van der Waals surface area contributed by atoms with Crippen LogP contribution in [0, 0.1) is 6.92 Å². The maximum atomic E-state index is 12.2. The van der Waals surface area contributed by atoms with Crippen LogP contribution in [0.2, 0.25) is 0 Å². The second-order valence-corrected chi connectivity index (χ2v) is 8.12. The highest BCUT2D eigenvalue weighted by molar-refractivity contribution is 9.13. The molecule has 0 saturated carbocycles. The van der Waals surface area contributed by atoms with Gasteiger partial charge in [-0.1, -0.05) is 18.2 Å². The first-order valence-electron chi connectivity index (χ1n) is 6.63. The molecule has 0 heterocycles. The standard InChI is InChI=1S/C16H14Br3NO2S/c1-9-5-3-4-6-12(9)23-8-13(21)20-16-10(17)7-11(22-2)14(18)15(16)19/h3-7H,8H2,1-2H3,(H,20,21). The van der Waals surface area contributed by atoms with Gasteiger partial charge in [0.2, 0.25) is 5.91 Å². The number of ether oxygens (including phenoxy) is 1. The summed E-state index contributed by atoms with van der Waals surface area (Å²) < 4.78 is 7.50. The van der Waals surface area contributed by atoms with E-state index in [9.17, 15) is 4.79 Å². The van der Waals surface area contributed by atoms with Gasteiger partial charge in [0.15, 0.2) is 0 Å². The van der Waals surface area contributed by atoms with Gasteiger partial charge in [-0.2, -0.15) is 0 Å². The minimum atomic E-state index is -0.0725. The molecule has 0 spiro atoms. The van der Waals surface area contributed by atoms with Gasteiger partial charge in [0, 0.05) is 9.37 Å². The normalized spacial score (nSPS) is 10.5. The number of nitrogens with one attached hydrogen (secondary N) is 1. The molecule has 0 aliphatic heterocycles. The second kappa shape index (κ2) is 8.55. The lowest BCUT2D eigenvalue weighted by Gasteiger charge is -2.14. The topological polar surface area (TPSA) is 38.3 Å². The summed E-state index contributed by atoms with van der Waals surface area (Å²) in [6.07, 6.45) is 0. The molecule has 0 fully saturated rings. The Morgan fingerprint density at radius 1 is 1.22 bits per heavy atom. The van der Waals surface area contributed by atoms with Gasteiger partial charge in [0.25, 0.3) is 0 Å². The van der Waals surface area contributed by atoms with Crippen molar-refractivity contribution in [3.8, 4) is 5.75 Å². The van der Waals surface area contributed by atoms with E-state index in [1.165, 1.54) is 17.3 Å². The Labute approximate surface area is 164 Å². The minimum Gasteiger partial charge on any atom is -0.495 e. The number of carbonyl (C=O) groups is 1. The monoisotopic (exact) mass is 521 g/mol. The third kappa shape index (κ3) is 4.75. The first kappa shape index (κ1) is 18.8. The molecule has 0 aliphatic rings. The van der Waals surface area contributed by atoms with Crippen LogP contribution in [0.1, 0.15) is 5.56 Å². The van der Waals surface area contributed by atoms with Crippen molar-refractivity contribution >= 4 is 71.1 Å². The average Bonchev–Trinajstić information content (AvgIpc) is 2.54. The largest absolute Gasteiger partial charge is 0.495 e. The van der Waals surface area contributed by atoms with Crippen LogP contribution in [0.5, 0.6) is 5.75 Å². The second-order valence-electron chi connectivity index (χ2n) is 4.67. The lowest BCUT2D eigenvalue weighted by atomic mass is 10.2. The van der Waals surface area contributed by atoms with Crippen LogP contribution >= 0.6 is 59.6 Å². The Kier molecular flexibility index (Phi) is 7.00. The van der Waals surface area contributed by atoms with Gasteiger partial charge in [-0.25, -0.2) is 0 Å². The van der Waals surface area contributed by atoms with Crippen LogP contribution in [0.25, 0.3) is 0 Å². The molecule has 122 valence electrons. The van der Waals surface area contributed by atoms with Gasteiger partial charge in [0.1, 0.15) is 5.75 Å². The van der Waals surface area contributed by atoms with E-state index in [0.717, 1.165) is 18.3 Å². The molecule has 23 heavy (non-hydrogen) atoms. The Hall–Kier alpha value is -0.500. The summed E-state index contributed by atoms with van der Waals surface area (Å²) in [6, 6.07) is 9.82. The molecule has 0 bridgehead atoms. The Bertz CT molecular complexity index is 738. The summed E-state index contributed by atoms with van der Waals surface area (Å²) >= 11 is 11.9. The zero-order chi connectivity index (χ0) is 17.0. The maximum Gasteiger partial charge on any atom is 0.234 e. The molecule has 0 aliphatic carbocycles. The summed E-state index contributed by atoms with van der Waals surface area (Å²) in [5.41, 5.74) is 1.84. The van der Waals surface area contributed by atoms with Crippen molar-refractivity contribution < 1.29 is 9.53 Å². The summed E-state index contributed by atoms with van der Waals surface area (Å²) in [4.78, 5) is 13.4. The molecule has 0 saturated heterocycles. The van der Waals surface area contributed by atoms with Gasteiger partial charge in [-0.15, -0.1) is 11.8 Å². The molecule has 3 nitrogen and oxygen atoms in total. The fourth-order valence-electron chi connectivity index (χ4n) is 1.87. The molecule has 0 radical (unpaired) electrons. The van der Waals surface area contributed by atoms with Crippen molar-refractivity contribution in [3.05, 3.63) is 49.3 Å². The molecule has 2 rings (SSSR count). The summed E-state index contributed by atoms with van der Waals surface area (Å²) in [5, 5.41) is 2.92. The third-order valence-electron chi connectivity index (χ3n) is 3.06. The van der Waals surface area contributed by atoms with Gasteiger partial charge >= 0.3 is 0 Å². The Morgan fingerprint density at radius 3 is 2.57 bits per heavy atom. The van der Waals surface area contributed by atoms with E-state index in [1.54, 1.807) is 13.2 Å². The highest BCUT2D eigenvalue weighted by atomic mass is 79.9. The fraction of sp³-hybridized carbons (Fsp3) is 0.188. The molecular formula is C16H14Br3NO2S. The average molecular weight is 524 g/mol. The van der Waals surface area contributed by atoms with Gasteiger partial charge < -0.3 is 10.1 Å². The number of hydrogen-bond donors (Lipinski definition) is 1. The summed E-state index contributed by atoms with van der Waals surface area (Å²) in [6.45, 7) is 2.04. The maximum absolute atomic E-state index is 12.2. The quantitative estimate of drug-likeness (QED) is 0.384. The number of hydrogen-bond acceptors (Lipinski definition) is 3. The van der Waals surface area contributed by atoms with E-state index >= 15 is 0 Å². The van der Waals surface area contributed by atoms with Crippen molar-refractivity contribution in [2.45, 2.75) is 11.8 Å². The van der Waals surface area contributed by atoms with Crippen LogP contribution in [-0.4, -0.2) is 18.8 Å². The lowest BCUT2D eigenvalue weighted by Crippen LogP contribution is -2.15. The van der Waals surface area contributed by atoms with Crippen LogP contribution in [0.3, 0.4) is 0 Å². The number of anilines is 1. The van der Waals surface area contributed by atoms with Crippen molar-refractivity contribution in [1.82, 2.24) is 0 Å². The first-order chi connectivity index (χ1) is 10.9. The molecule has 0 unspecified atom stereocenters. The number of thioether (sulfide) groups is 1. The summed E-state index contributed by atoms with van der Waals surface area (Å²) in [7, 11) is 1.59. The third-order valence-corrected chi connectivity index (χ3v) is 6.98. The van der Waals surface area contributed by atoms with Crippen molar-refractivity contribution in [2.75, 3.05) is 18.2 Å². The molecule has 0 atom stereocenters. The number of carbonyl (C=O) groups excluding carboxylic acids is 1. The number of halogens is 3. The van der Waals surface area contributed by atoms with E-state index in [1.807, 2.05) is 31.2 Å². The van der Waals surface area contributed by atoms with E-state index < -0.39 is 0 Å². The highest BCUT2D eigenvalue weighted by Gasteiger charge is 2.16. The van der Waals surface area contributed by atoms with Crippen molar-refractivity contribution in [2.24, 2.45) is 0 Å². The molecule has 0 aromatic heterocycles. The van der Waals surface area contributed by atoms with Crippen molar-refractivity contribution in [3.63, 3.8) is 0 Å². The number of methoxy groups -OCH3 is 1. The van der Waals surface area contributed by atoms with E-state index in [0.29, 0.717) is 17.2 Å². The zero-order valence-electron chi connectivity index (χ0n) is 12.5. The van der Waals surface area contributed by atoms with E-state index in [-0.39, 0.29) is 5.91 Å². The smallest absolute Gasteiger partial charge is 0.234 e. The molecule has 1 N–H and O–H groups in total. The number of aryl methyl sites for hydroxylation is 1. The predicted octanol–water partition coefficient (Wildman–Crippen LogP) is 6.02. The predicted molar refractivity (Wildman–Crippen MR) is 107 cm³/mol. The Balaban J connectivity index is 2.09. The van der Waals surface area contributed by atoms with Gasteiger partial charge in [0.05, 0.1) is 27.5 Å². The SMILES string of the molecule is COc1cc(Br)c(NC(=O)CSc2ccccc2C)c(Br)c1Br.